The van der Waals surface area contributed by atoms with Crippen molar-refractivity contribution < 1.29 is 15.0 Å². The number of amidine groups is 1. The SMILES string of the molecule is CC1=NCCCN1.O=C(O)O. The van der Waals surface area contributed by atoms with Gasteiger partial charge in [-0.25, -0.2) is 4.79 Å². The second kappa shape index (κ2) is 5.52. The lowest BCUT2D eigenvalue weighted by Gasteiger charge is -2.08. The molecule has 1 aliphatic rings. The van der Waals surface area contributed by atoms with Crippen LogP contribution in [0.4, 0.5) is 4.79 Å². The Balaban J connectivity index is 0.000000218. The summed E-state index contributed by atoms with van der Waals surface area (Å²) in [7, 11) is 0. The molecule has 64 valence electrons. The summed E-state index contributed by atoms with van der Waals surface area (Å²) in [5, 5.41) is 17.1. The van der Waals surface area contributed by atoms with Crippen molar-refractivity contribution in [3.63, 3.8) is 0 Å². The molecule has 0 fully saturated rings. The van der Waals surface area contributed by atoms with Crippen molar-refractivity contribution in [2.75, 3.05) is 13.1 Å². The van der Waals surface area contributed by atoms with Crippen LogP contribution in [0.2, 0.25) is 0 Å². The fraction of sp³-hybridized carbons (Fsp3) is 0.667. The Morgan fingerprint density at radius 2 is 2.18 bits per heavy atom. The van der Waals surface area contributed by atoms with Gasteiger partial charge in [0.15, 0.2) is 0 Å². The van der Waals surface area contributed by atoms with E-state index in [0.717, 1.165) is 18.9 Å². The van der Waals surface area contributed by atoms with E-state index >= 15 is 0 Å². The molecule has 0 spiro atoms. The van der Waals surface area contributed by atoms with Crippen LogP contribution in [0.3, 0.4) is 0 Å². The van der Waals surface area contributed by atoms with Crippen LogP contribution in [0.1, 0.15) is 13.3 Å². The van der Waals surface area contributed by atoms with Crippen LogP contribution in [-0.4, -0.2) is 35.3 Å². The molecule has 3 N–H and O–H groups in total. The van der Waals surface area contributed by atoms with E-state index in [1.54, 1.807) is 0 Å². The topological polar surface area (TPSA) is 81.9 Å². The minimum Gasteiger partial charge on any atom is -0.450 e. The van der Waals surface area contributed by atoms with Crippen LogP contribution in [0.5, 0.6) is 0 Å². The first-order chi connectivity index (χ1) is 5.13. The van der Waals surface area contributed by atoms with E-state index in [0.29, 0.717) is 0 Å². The Labute approximate surface area is 64.8 Å². The van der Waals surface area contributed by atoms with E-state index in [2.05, 4.69) is 10.3 Å². The molecule has 0 aromatic carbocycles. The highest BCUT2D eigenvalue weighted by Crippen LogP contribution is 1.86. The molecule has 0 unspecified atom stereocenters. The van der Waals surface area contributed by atoms with E-state index in [-0.39, 0.29) is 0 Å². The molecule has 5 nitrogen and oxygen atoms in total. The molecule has 0 atom stereocenters. The number of aliphatic imine (C=N–C) groups is 1. The Morgan fingerprint density at radius 1 is 1.64 bits per heavy atom. The van der Waals surface area contributed by atoms with Crippen molar-refractivity contribution in [3.05, 3.63) is 0 Å². The maximum atomic E-state index is 8.56. The molecular formula is C6H12N2O3. The molecule has 1 heterocycles. The molecule has 0 saturated heterocycles. The third-order valence-corrected chi connectivity index (χ3v) is 1.06. The summed E-state index contributed by atoms with van der Waals surface area (Å²) in [5.41, 5.74) is 0. The second-order valence-electron chi connectivity index (χ2n) is 2.03. The Kier molecular flexibility index (Phi) is 4.89. The van der Waals surface area contributed by atoms with Gasteiger partial charge in [-0.1, -0.05) is 0 Å². The number of carboxylic acid groups (broad SMARTS) is 2. The number of hydrogen-bond donors (Lipinski definition) is 3. The van der Waals surface area contributed by atoms with Crippen LogP contribution in [0.25, 0.3) is 0 Å². The average Bonchev–Trinajstić information content (AvgIpc) is 1.87. The Bertz CT molecular complexity index is 152. The maximum absolute atomic E-state index is 8.56. The number of hydrogen-bond acceptors (Lipinski definition) is 3. The van der Waals surface area contributed by atoms with Gasteiger partial charge in [-0.2, -0.15) is 0 Å². The molecule has 0 bridgehead atoms. The molecule has 0 aromatic heterocycles. The van der Waals surface area contributed by atoms with E-state index in [1.807, 2.05) is 6.92 Å². The van der Waals surface area contributed by atoms with Crippen LogP contribution >= 0.6 is 0 Å². The minimum atomic E-state index is -1.83. The Hall–Kier alpha value is -1.26. The zero-order valence-electron chi connectivity index (χ0n) is 6.37. The van der Waals surface area contributed by atoms with Crippen molar-refractivity contribution in [2.24, 2.45) is 4.99 Å². The molecule has 0 aliphatic carbocycles. The van der Waals surface area contributed by atoms with Gasteiger partial charge in [-0.3, -0.25) is 4.99 Å². The monoisotopic (exact) mass is 160 g/mol. The van der Waals surface area contributed by atoms with Crippen LogP contribution in [0, 0.1) is 0 Å². The van der Waals surface area contributed by atoms with Crippen molar-refractivity contribution >= 4 is 12.0 Å². The van der Waals surface area contributed by atoms with E-state index < -0.39 is 6.16 Å². The number of nitrogens with one attached hydrogen (secondary N) is 1. The summed E-state index contributed by atoms with van der Waals surface area (Å²) in [6, 6.07) is 0. The molecule has 5 heteroatoms. The first kappa shape index (κ1) is 9.74. The minimum absolute atomic E-state index is 1.01. The first-order valence-corrected chi connectivity index (χ1v) is 3.29. The largest absolute Gasteiger partial charge is 0.503 e. The summed E-state index contributed by atoms with van der Waals surface area (Å²) >= 11 is 0. The number of carbonyl (C=O) groups is 1. The standard InChI is InChI=1S/C5H10N2.CH2O3/c1-5-6-3-2-4-7-5;2-1(3)4/h2-4H2,1H3,(H,6,7);(H2,2,3,4). The molecule has 1 rings (SSSR count). The maximum Gasteiger partial charge on any atom is 0.503 e. The van der Waals surface area contributed by atoms with E-state index in [4.69, 9.17) is 15.0 Å². The summed E-state index contributed by atoms with van der Waals surface area (Å²) < 4.78 is 0. The van der Waals surface area contributed by atoms with Crippen LogP contribution < -0.4 is 5.32 Å². The third kappa shape index (κ3) is 8.74. The predicted molar refractivity (Wildman–Crippen MR) is 41.2 cm³/mol. The van der Waals surface area contributed by atoms with Crippen molar-refractivity contribution in [1.29, 1.82) is 0 Å². The molecule has 0 aromatic rings. The lowest BCUT2D eigenvalue weighted by Crippen LogP contribution is -2.26. The lowest BCUT2D eigenvalue weighted by atomic mass is 10.4. The van der Waals surface area contributed by atoms with Crippen molar-refractivity contribution in [3.8, 4) is 0 Å². The van der Waals surface area contributed by atoms with Crippen molar-refractivity contribution in [2.45, 2.75) is 13.3 Å². The molecule has 11 heavy (non-hydrogen) atoms. The quantitative estimate of drug-likeness (QED) is 0.485. The van der Waals surface area contributed by atoms with Crippen LogP contribution in [-0.2, 0) is 0 Å². The highest BCUT2D eigenvalue weighted by Gasteiger charge is 1.94. The normalized spacial score (nSPS) is 15.2. The van der Waals surface area contributed by atoms with Gasteiger partial charge in [0.25, 0.3) is 0 Å². The highest BCUT2D eigenvalue weighted by atomic mass is 16.6. The van der Waals surface area contributed by atoms with Gasteiger partial charge >= 0.3 is 6.16 Å². The van der Waals surface area contributed by atoms with Gasteiger partial charge in [0, 0.05) is 13.1 Å². The van der Waals surface area contributed by atoms with E-state index in [9.17, 15) is 0 Å². The van der Waals surface area contributed by atoms with Gasteiger partial charge < -0.3 is 15.5 Å². The molecule has 0 saturated carbocycles. The van der Waals surface area contributed by atoms with E-state index in [1.165, 1.54) is 6.42 Å². The first-order valence-electron chi connectivity index (χ1n) is 3.29. The van der Waals surface area contributed by atoms with Crippen molar-refractivity contribution in [1.82, 2.24) is 5.32 Å². The highest BCUT2D eigenvalue weighted by molar-refractivity contribution is 5.79. The molecule has 0 radical (unpaired) electrons. The number of nitrogens with zero attached hydrogens (tertiary/aromatic N) is 1. The summed E-state index contributed by atoms with van der Waals surface area (Å²) in [5.74, 6) is 1.09. The van der Waals surface area contributed by atoms with Gasteiger partial charge in [-0.15, -0.1) is 0 Å². The molecule has 0 amide bonds. The molecule has 1 aliphatic heterocycles. The summed E-state index contributed by atoms with van der Waals surface area (Å²) in [6.07, 6.45) is -0.642. The smallest absolute Gasteiger partial charge is 0.450 e. The zero-order valence-corrected chi connectivity index (χ0v) is 6.37. The summed E-state index contributed by atoms with van der Waals surface area (Å²) in [6.45, 7) is 4.12. The Morgan fingerprint density at radius 3 is 2.36 bits per heavy atom. The zero-order chi connectivity index (χ0) is 8.69. The van der Waals surface area contributed by atoms with Gasteiger partial charge in [0.1, 0.15) is 0 Å². The second-order valence-corrected chi connectivity index (χ2v) is 2.03. The van der Waals surface area contributed by atoms with Gasteiger partial charge in [-0.05, 0) is 13.3 Å². The van der Waals surface area contributed by atoms with Crippen LogP contribution in [0.15, 0.2) is 4.99 Å². The van der Waals surface area contributed by atoms with Gasteiger partial charge in [0.2, 0.25) is 0 Å². The average molecular weight is 160 g/mol. The molecular weight excluding hydrogens is 148 g/mol. The lowest BCUT2D eigenvalue weighted by molar-refractivity contribution is 0.137. The summed E-state index contributed by atoms with van der Waals surface area (Å²) in [4.78, 5) is 12.7. The third-order valence-electron chi connectivity index (χ3n) is 1.06. The fourth-order valence-corrected chi connectivity index (χ4v) is 0.651. The fourth-order valence-electron chi connectivity index (χ4n) is 0.651. The number of rotatable bonds is 0. The predicted octanol–water partition coefficient (Wildman–Crippen LogP) is 0.621. The van der Waals surface area contributed by atoms with Gasteiger partial charge in [0.05, 0.1) is 5.84 Å².